The lowest BCUT2D eigenvalue weighted by Gasteiger charge is -2.23. The summed E-state index contributed by atoms with van der Waals surface area (Å²) < 4.78 is 25.5. The van der Waals surface area contributed by atoms with E-state index >= 15 is 0 Å². The number of amides is 2. The number of fused-ring (bicyclic) bond motifs is 1. The summed E-state index contributed by atoms with van der Waals surface area (Å²) in [6.45, 7) is 0.600. The maximum atomic E-state index is 12.6. The van der Waals surface area contributed by atoms with E-state index in [0.29, 0.717) is 18.7 Å². The number of carbonyl (C=O) groups is 2. The Morgan fingerprint density at radius 3 is 2.69 bits per heavy atom. The molecular weight excluding hydrogens is 358 g/mol. The second-order valence-corrected chi connectivity index (χ2v) is 9.33. The van der Waals surface area contributed by atoms with Crippen molar-refractivity contribution in [2.75, 3.05) is 32.5 Å². The molecule has 1 aliphatic carbocycles. The molecule has 9 heteroatoms. The van der Waals surface area contributed by atoms with Crippen LogP contribution in [0.15, 0.2) is 29.2 Å². The van der Waals surface area contributed by atoms with Gasteiger partial charge in [-0.3, -0.25) is 4.79 Å². The monoisotopic (exact) mass is 381 g/mol. The number of likely N-dealkylation sites (tertiary alicyclic amines) is 1. The number of anilines is 1. The summed E-state index contributed by atoms with van der Waals surface area (Å²) in [5.74, 6) is -0.861. The van der Waals surface area contributed by atoms with Gasteiger partial charge in [0.1, 0.15) is 0 Å². The summed E-state index contributed by atoms with van der Waals surface area (Å²) in [5.41, 5.74) is -0.479. The molecule has 1 aromatic rings. The van der Waals surface area contributed by atoms with Crippen LogP contribution in [0.1, 0.15) is 19.3 Å². The molecule has 2 fully saturated rings. The number of nitrogens with zero attached hydrogens (tertiary/aromatic N) is 2. The predicted molar refractivity (Wildman–Crippen MR) is 95.3 cm³/mol. The minimum absolute atomic E-state index is 0.0220. The number of carboxylic acids is 1. The van der Waals surface area contributed by atoms with E-state index in [4.69, 9.17) is 0 Å². The van der Waals surface area contributed by atoms with Gasteiger partial charge in [0.2, 0.25) is 10.0 Å². The van der Waals surface area contributed by atoms with Gasteiger partial charge in [-0.25, -0.2) is 17.5 Å². The molecule has 2 atom stereocenters. The third-order valence-electron chi connectivity index (χ3n) is 5.45. The van der Waals surface area contributed by atoms with Crippen LogP contribution in [-0.4, -0.2) is 61.9 Å². The van der Waals surface area contributed by atoms with Gasteiger partial charge in [0, 0.05) is 32.9 Å². The highest BCUT2D eigenvalue weighted by molar-refractivity contribution is 7.89. The highest BCUT2D eigenvalue weighted by Gasteiger charge is 2.55. The topological polar surface area (TPSA) is 107 Å². The van der Waals surface area contributed by atoms with Gasteiger partial charge in [-0.1, -0.05) is 12.5 Å². The Kier molecular flexibility index (Phi) is 4.70. The standard InChI is InChI=1S/C17H23N3O5S/c1-19(2)26(24,25)14-7-3-6-13(9-14)18-16(23)20-10-12-5-4-8-17(12,11-20)15(21)22/h3,6-7,9,12H,4-5,8,10-11H2,1-2H3,(H,18,23)(H,21,22)/t12-,17+/m0/s1. The lowest BCUT2D eigenvalue weighted by Crippen LogP contribution is -2.38. The van der Waals surface area contributed by atoms with Crippen LogP contribution in [0.25, 0.3) is 0 Å². The summed E-state index contributed by atoms with van der Waals surface area (Å²) in [7, 11) is -0.718. The summed E-state index contributed by atoms with van der Waals surface area (Å²) >= 11 is 0. The molecular formula is C17H23N3O5S. The van der Waals surface area contributed by atoms with Crippen LogP contribution in [0, 0.1) is 11.3 Å². The molecule has 2 N–H and O–H groups in total. The first-order valence-corrected chi connectivity index (χ1v) is 9.93. The number of sulfonamides is 1. The van der Waals surface area contributed by atoms with Crippen LogP contribution >= 0.6 is 0 Å². The number of hydrogen-bond acceptors (Lipinski definition) is 4. The maximum Gasteiger partial charge on any atom is 0.321 e. The summed E-state index contributed by atoms with van der Waals surface area (Å²) in [6, 6.07) is 5.63. The van der Waals surface area contributed by atoms with E-state index in [1.807, 2.05) is 0 Å². The van der Waals surface area contributed by atoms with Gasteiger partial charge >= 0.3 is 12.0 Å². The van der Waals surface area contributed by atoms with Crippen LogP contribution in [0.3, 0.4) is 0 Å². The van der Waals surface area contributed by atoms with Crippen molar-refractivity contribution in [3.8, 4) is 0 Å². The van der Waals surface area contributed by atoms with Gasteiger partial charge < -0.3 is 15.3 Å². The molecule has 0 radical (unpaired) electrons. The zero-order valence-electron chi connectivity index (χ0n) is 14.8. The van der Waals surface area contributed by atoms with Crippen molar-refractivity contribution in [2.45, 2.75) is 24.2 Å². The van der Waals surface area contributed by atoms with E-state index in [-0.39, 0.29) is 17.4 Å². The van der Waals surface area contributed by atoms with Crippen LogP contribution in [0.5, 0.6) is 0 Å². The van der Waals surface area contributed by atoms with Gasteiger partial charge in [0.25, 0.3) is 0 Å². The fraction of sp³-hybridized carbons (Fsp3) is 0.529. The number of nitrogens with one attached hydrogen (secondary N) is 1. The van der Waals surface area contributed by atoms with E-state index in [0.717, 1.165) is 17.1 Å². The molecule has 3 rings (SSSR count). The van der Waals surface area contributed by atoms with Crippen molar-refractivity contribution in [1.82, 2.24) is 9.21 Å². The average Bonchev–Trinajstić information content (AvgIpc) is 3.13. The number of rotatable bonds is 4. The molecule has 142 valence electrons. The highest BCUT2D eigenvalue weighted by atomic mass is 32.2. The van der Waals surface area contributed by atoms with Crippen LogP contribution in [0.2, 0.25) is 0 Å². The zero-order valence-corrected chi connectivity index (χ0v) is 15.6. The predicted octanol–water partition coefficient (Wildman–Crippen LogP) is 1.66. The first kappa shape index (κ1) is 18.7. The normalized spacial score (nSPS) is 25.3. The lowest BCUT2D eigenvalue weighted by atomic mass is 9.81. The van der Waals surface area contributed by atoms with Crippen LogP contribution in [0.4, 0.5) is 10.5 Å². The van der Waals surface area contributed by atoms with E-state index in [1.54, 1.807) is 12.1 Å². The molecule has 1 saturated carbocycles. The Bertz CT molecular complexity index is 839. The van der Waals surface area contributed by atoms with Crippen molar-refractivity contribution in [1.29, 1.82) is 0 Å². The Hall–Kier alpha value is -2.13. The van der Waals surface area contributed by atoms with Crippen molar-refractivity contribution < 1.29 is 23.1 Å². The minimum atomic E-state index is -3.60. The van der Waals surface area contributed by atoms with Gasteiger partial charge in [0.05, 0.1) is 10.3 Å². The first-order chi connectivity index (χ1) is 12.2. The van der Waals surface area contributed by atoms with Gasteiger partial charge in [-0.15, -0.1) is 0 Å². The fourth-order valence-electron chi connectivity index (χ4n) is 3.94. The molecule has 1 heterocycles. The lowest BCUT2D eigenvalue weighted by molar-refractivity contribution is -0.149. The average molecular weight is 381 g/mol. The number of urea groups is 1. The highest BCUT2D eigenvalue weighted by Crippen LogP contribution is 2.48. The van der Waals surface area contributed by atoms with Crippen molar-refractivity contribution in [2.24, 2.45) is 11.3 Å². The molecule has 1 aromatic carbocycles. The summed E-state index contributed by atoms with van der Waals surface area (Å²) in [4.78, 5) is 25.9. The Labute approximate surface area is 152 Å². The third-order valence-corrected chi connectivity index (χ3v) is 7.26. The van der Waals surface area contributed by atoms with Gasteiger partial charge in [-0.2, -0.15) is 0 Å². The molecule has 0 unspecified atom stereocenters. The van der Waals surface area contributed by atoms with E-state index in [9.17, 15) is 23.1 Å². The first-order valence-electron chi connectivity index (χ1n) is 8.49. The third kappa shape index (κ3) is 3.05. The molecule has 1 aliphatic heterocycles. The molecule has 26 heavy (non-hydrogen) atoms. The Balaban J connectivity index is 1.75. The maximum absolute atomic E-state index is 12.6. The molecule has 0 aromatic heterocycles. The van der Waals surface area contributed by atoms with Gasteiger partial charge in [-0.05, 0) is 37.0 Å². The zero-order chi connectivity index (χ0) is 19.1. The Morgan fingerprint density at radius 1 is 1.35 bits per heavy atom. The van der Waals surface area contributed by atoms with Crippen LogP contribution in [-0.2, 0) is 14.8 Å². The van der Waals surface area contributed by atoms with E-state index in [2.05, 4.69) is 5.32 Å². The summed E-state index contributed by atoms with van der Waals surface area (Å²) in [5, 5.41) is 12.3. The number of carboxylic acid groups (broad SMARTS) is 1. The van der Waals surface area contributed by atoms with E-state index < -0.39 is 27.4 Å². The molecule has 1 saturated heterocycles. The molecule has 2 amide bonds. The SMILES string of the molecule is CN(C)S(=O)(=O)c1cccc(NC(=O)N2C[C@@H]3CCC[C@@]3(C(=O)O)C2)c1. The fourth-order valence-corrected chi connectivity index (χ4v) is 4.89. The smallest absolute Gasteiger partial charge is 0.321 e. The molecule has 2 aliphatic rings. The van der Waals surface area contributed by atoms with Crippen LogP contribution < -0.4 is 5.32 Å². The second kappa shape index (κ2) is 6.55. The number of carbonyl (C=O) groups excluding carboxylic acids is 1. The van der Waals surface area contributed by atoms with Gasteiger partial charge in [0.15, 0.2) is 0 Å². The number of hydrogen-bond donors (Lipinski definition) is 2. The molecule has 0 spiro atoms. The molecule has 8 nitrogen and oxygen atoms in total. The second-order valence-electron chi connectivity index (χ2n) is 7.18. The van der Waals surface area contributed by atoms with Crippen molar-refractivity contribution in [3.63, 3.8) is 0 Å². The largest absolute Gasteiger partial charge is 0.481 e. The number of benzene rings is 1. The summed E-state index contributed by atoms with van der Waals surface area (Å²) in [6.07, 6.45) is 2.27. The quantitative estimate of drug-likeness (QED) is 0.825. The van der Waals surface area contributed by atoms with Crippen molar-refractivity contribution in [3.05, 3.63) is 24.3 Å². The van der Waals surface area contributed by atoms with E-state index in [1.165, 1.54) is 31.1 Å². The minimum Gasteiger partial charge on any atom is -0.481 e. The Morgan fingerprint density at radius 2 is 2.08 bits per heavy atom. The van der Waals surface area contributed by atoms with Crippen molar-refractivity contribution >= 4 is 27.7 Å². The number of aliphatic carboxylic acids is 1. The molecule has 0 bridgehead atoms.